The molecule has 0 aromatic heterocycles. The molecule has 2 fully saturated rings. The Hall–Kier alpha value is -0.770. The number of rotatable bonds is 2. The van der Waals surface area contributed by atoms with Gasteiger partial charge in [0.1, 0.15) is 0 Å². The summed E-state index contributed by atoms with van der Waals surface area (Å²) in [4.78, 5) is 1.99. The summed E-state index contributed by atoms with van der Waals surface area (Å²) in [5.41, 5.74) is 5.94. The fourth-order valence-electron chi connectivity index (χ4n) is 2.84. The van der Waals surface area contributed by atoms with Crippen LogP contribution in [0.3, 0.4) is 0 Å². The lowest BCUT2D eigenvalue weighted by atomic mass is 9.63. The molecule has 1 heterocycles. The number of hydrogen-bond donors (Lipinski definition) is 2. The van der Waals surface area contributed by atoms with Crippen LogP contribution in [0.1, 0.15) is 19.3 Å². The van der Waals surface area contributed by atoms with Crippen molar-refractivity contribution in [1.29, 1.82) is 5.41 Å². The Kier molecular flexibility index (Phi) is 2.39. The van der Waals surface area contributed by atoms with Gasteiger partial charge < -0.3 is 15.4 Å². The van der Waals surface area contributed by atoms with Crippen molar-refractivity contribution in [2.45, 2.75) is 19.3 Å². The molecule has 1 saturated carbocycles. The smallest absolute Gasteiger partial charge is 0.188 e. The molecule has 1 aliphatic carbocycles. The molecule has 1 aliphatic heterocycles. The van der Waals surface area contributed by atoms with Crippen LogP contribution in [-0.4, -0.2) is 37.7 Å². The van der Waals surface area contributed by atoms with Crippen LogP contribution >= 0.6 is 0 Å². The van der Waals surface area contributed by atoms with E-state index < -0.39 is 0 Å². The van der Waals surface area contributed by atoms with Crippen LogP contribution in [0.25, 0.3) is 0 Å². The van der Waals surface area contributed by atoms with E-state index in [0.29, 0.717) is 11.3 Å². The average molecular weight is 197 g/mol. The van der Waals surface area contributed by atoms with E-state index >= 15 is 0 Å². The molecular weight excluding hydrogens is 178 g/mol. The number of nitrogens with two attached hydrogens (primary N) is 1. The molecule has 0 bridgehead atoms. The predicted molar refractivity (Wildman–Crippen MR) is 55.1 cm³/mol. The second kappa shape index (κ2) is 3.42. The highest BCUT2D eigenvalue weighted by Crippen LogP contribution is 2.51. The molecule has 80 valence electrons. The van der Waals surface area contributed by atoms with Crippen molar-refractivity contribution in [3.63, 3.8) is 0 Å². The van der Waals surface area contributed by atoms with Gasteiger partial charge in [0.05, 0.1) is 6.61 Å². The Balaban J connectivity index is 2.04. The topological polar surface area (TPSA) is 62.3 Å². The second-order valence-corrected chi connectivity index (χ2v) is 4.63. The number of hydrogen-bond acceptors (Lipinski definition) is 2. The summed E-state index contributed by atoms with van der Waals surface area (Å²) in [5.74, 6) is 0.792. The van der Waals surface area contributed by atoms with Crippen molar-refractivity contribution >= 4 is 5.96 Å². The molecule has 0 aromatic carbocycles. The van der Waals surface area contributed by atoms with Gasteiger partial charge in [0.25, 0.3) is 0 Å². The van der Waals surface area contributed by atoms with Crippen LogP contribution in [-0.2, 0) is 4.74 Å². The highest BCUT2D eigenvalue weighted by Gasteiger charge is 2.50. The second-order valence-electron chi connectivity index (χ2n) is 4.63. The number of methoxy groups -OCH3 is 1. The maximum atomic E-state index is 7.45. The third kappa shape index (κ3) is 1.38. The van der Waals surface area contributed by atoms with Crippen molar-refractivity contribution < 1.29 is 4.74 Å². The van der Waals surface area contributed by atoms with Crippen LogP contribution in [0.4, 0.5) is 0 Å². The number of likely N-dealkylation sites (tertiary alicyclic amines) is 1. The quantitative estimate of drug-likeness (QED) is 0.504. The molecule has 4 nitrogen and oxygen atoms in total. The Morgan fingerprint density at radius 1 is 1.64 bits per heavy atom. The molecule has 0 amide bonds. The van der Waals surface area contributed by atoms with Crippen LogP contribution in [0.15, 0.2) is 0 Å². The number of nitrogens with zero attached hydrogens (tertiary/aromatic N) is 1. The van der Waals surface area contributed by atoms with Gasteiger partial charge in [-0.05, 0) is 18.3 Å². The zero-order valence-electron chi connectivity index (χ0n) is 8.75. The first-order valence-corrected chi connectivity index (χ1v) is 5.26. The number of ether oxygens (including phenoxy) is 1. The van der Waals surface area contributed by atoms with Crippen molar-refractivity contribution in [2.24, 2.45) is 17.1 Å². The van der Waals surface area contributed by atoms with Gasteiger partial charge in [-0.3, -0.25) is 5.41 Å². The first kappa shape index (κ1) is 9.77. The van der Waals surface area contributed by atoms with Crippen molar-refractivity contribution in [3.05, 3.63) is 0 Å². The van der Waals surface area contributed by atoms with Gasteiger partial charge in [-0.15, -0.1) is 0 Å². The summed E-state index contributed by atoms with van der Waals surface area (Å²) in [6.45, 7) is 2.68. The minimum atomic E-state index is 0.217. The minimum absolute atomic E-state index is 0.217. The predicted octanol–water partition coefficient (Wildman–Crippen LogP) is 0.628. The number of guanidine groups is 1. The van der Waals surface area contributed by atoms with E-state index in [4.69, 9.17) is 15.9 Å². The van der Waals surface area contributed by atoms with E-state index in [0.717, 1.165) is 19.7 Å². The van der Waals surface area contributed by atoms with Crippen LogP contribution in [0.2, 0.25) is 0 Å². The van der Waals surface area contributed by atoms with Crippen LogP contribution in [0, 0.1) is 16.7 Å². The highest BCUT2D eigenvalue weighted by atomic mass is 16.5. The van der Waals surface area contributed by atoms with Gasteiger partial charge in [-0.2, -0.15) is 0 Å². The lowest BCUT2D eigenvalue weighted by molar-refractivity contribution is 0.0374. The Bertz CT molecular complexity index is 238. The molecule has 1 atom stereocenters. The van der Waals surface area contributed by atoms with Crippen LogP contribution < -0.4 is 5.73 Å². The maximum Gasteiger partial charge on any atom is 0.188 e. The molecule has 1 saturated heterocycles. The van der Waals surface area contributed by atoms with E-state index in [1.165, 1.54) is 19.3 Å². The van der Waals surface area contributed by atoms with Gasteiger partial charge in [0.2, 0.25) is 0 Å². The standard InChI is InChI=1S/C10H19N3O/c1-14-6-8-5-13(9(11)12)7-10(8)3-2-4-10/h8H,2-7H2,1H3,(H3,11,12). The summed E-state index contributed by atoms with van der Waals surface area (Å²) >= 11 is 0. The lowest BCUT2D eigenvalue weighted by Crippen LogP contribution is -2.40. The first-order valence-electron chi connectivity index (χ1n) is 5.26. The summed E-state index contributed by atoms with van der Waals surface area (Å²) in [7, 11) is 1.75. The van der Waals surface area contributed by atoms with Crippen molar-refractivity contribution in [2.75, 3.05) is 26.8 Å². The van der Waals surface area contributed by atoms with Crippen molar-refractivity contribution in [1.82, 2.24) is 4.90 Å². The minimum Gasteiger partial charge on any atom is -0.384 e. The zero-order valence-corrected chi connectivity index (χ0v) is 8.75. The summed E-state index contributed by atoms with van der Waals surface area (Å²) in [6, 6.07) is 0. The first-order chi connectivity index (χ1) is 6.68. The molecular formula is C10H19N3O. The Labute approximate surface area is 84.9 Å². The summed E-state index contributed by atoms with van der Waals surface area (Å²) in [6.07, 6.45) is 3.89. The molecule has 4 heteroatoms. The molecule has 0 radical (unpaired) electrons. The molecule has 1 unspecified atom stereocenters. The largest absolute Gasteiger partial charge is 0.384 e. The average Bonchev–Trinajstić information content (AvgIpc) is 2.44. The van der Waals surface area contributed by atoms with Gasteiger partial charge in [0, 0.05) is 26.1 Å². The van der Waals surface area contributed by atoms with E-state index in [1.54, 1.807) is 7.11 Å². The van der Waals surface area contributed by atoms with Gasteiger partial charge in [-0.25, -0.2) is 0 Å². The number of nitrogens with one attached hydrogen (secondary N) is 1. The SMILES string of the molecule is COCC1CN(C(=N)N)CC12CCC2. The monoisotopic (exact) mass is 197 g/mol. The molecule has 14 heavy (non-hydrogen) atoms. The fourth-order valence-corrected chi connectivity index (χ4v) is 2.84. The zero-order chi connectivity index (χ0) is 10.2. The van der Waals surface area contributed by atoms with E-state index in [2.05, 4.69) is 0 Å². The van der Waals surface area contributed by atoms with E-state index in [1.807, 2.05) is 4.90 Å². The van der Waals surface area contributed by atoms with Gasteiger partial charge >= 0.3 is 0 Å². The molecule has 3 N–H and O–H groups in total. The van der Waals surface area contributed by atoms with Gasteiger partial charge in [-0.1, -0.05) is 6.42 Å². The summed E-state index contributed by atoms with van der Waals surface area (Å²) in [5, 5.41) is 7.45. The Morgan fingerprint density at radius 3 is 2.79 bits per heavy atom. The van der Waals surface area contributed by atoms with E-state index in [9.17, 15) is 0 Å². The van der Waals surface area contributed by atoms with Crippen LogP contribution in [0.5, 0.6) is 0 Å². The summed E-state index contributed by atoms with van der Waals surface area (Å²) < 4.78 is 5.25. The maximum absolute atomic E-state index is 7.45. The molecule has 0 aromatic rings. The molecule has 2 aliphatic rings. The van der Waals surface area contributed by atoms with Crippen molar-refractivity contribution in [3.8, 4) is 0 Å². The Morgan fingerprint density at radius 2 is 2.36 bits per heavy atom. The third-order valence-corrected chi connectivity index (χ3v) is 3.87. The lowest BCUT2D eigenvalue weighted by Gasteiger charge is -2.42. The third-order valence-electron chi connectivity index (χ3n) is 3.87. The van der Waals surface area contributed by atoms with Gasteiger partial charge in [0.15, 0.2) is 5.96 Å². The highest BCUT2D eigenvalue weighted by molar-refractivity contribution is 5.75. The fraction of sp³-hybridized carbons (Fsp3) is 0.900. The van der Waals surface area contributed by atoms with E-state index in [-0.39, 0.29) is 5.96 Å². The molecule has 1 spiro atoms. The molecule has 2 rings (SSSR count). The normalized spacial score (nSPS) is 29.2.